The molecule has 0 bridgehead atoms. The fourth-order valence-corrected chi connectivity index (χ4v) is 0.770. The van der Waals surface area contributed by atoms with Crippen molar-refractivity contribution in [1.82, 2.24) is 0 Å². The average Bonchev–Trinajstić information content (AvgIpc) is 1.83. The first-order chi connectivity index (χ1) is 4.22. The van der Waals surface area contributed by atoms with E-state index in [9.17, 15) is 0 Å². The normalized spacial score (nSPS) is 18.9. The van der Waals surface area contributed by atoms with Crippen molar-refractivity contribution in [2.24, 2.45) is 0 Å². The molecule has 0 heterocycles. The van der Waals surface area contributed by atoms with E-state index in [1.807, 2.05) is 12.2 Å². The minimum atomic E-state index is 0.748. The molecule has 0 saturated carbocycles. The molecule has 0 aliphatic heterocycles. The van der Waals surface area contributed by atoms with Gasteiger partial charge in [0.2, 0.25) is 0 Å². The molecule has 1 rings (SSSR count). The zero-order chi connectivity index (χ0) is 6.85. The van der Waals surface area contributed by atoms with Crippen LogP contribution in [-0.4, -0.2) is 7.85 Å². The van der Waals surface area contributed by atoms with Gasteiger partial charge in [-0.05, 0) is 25.1 Å². The van der Waals surface area contributed by atoms with Crippen molar-refractivity contribution in [3.63, 3.8) is 0 Å². The number of allylic oxidation sites excluding steroid dienone is 4. The van der Waals surface area contributed by atoms with Gasteiger partial charge < -0.3 is 0 Å². The quantitative estimate of drug-likeness (QED) is 0.333. The van der Waals surface area contributed by atoms with Gasteiger partial charge in [-0.15, -0.1) is 0 Å². The molecular formula is C8H8B+. The van der Waals surface area contributed by atoms with Gasteiger partial charge in [0, 0.05) is 18.1 Å². The van der Waals surface area contributed by atoms with Crippen molar-refractivity contribution in [1.29, 1.82) is 0 Å². The van der Waals surface area contributed by atoms with E-state index in [-0.39, 0.29) is 0 Å². The van der Waals surface area contributed by atoms with Gasteiger partial charge in [-0.25, -0.2) is 0 Å². The summed E-state index contributed by atoms with van der Waals surface area (Å²) >= 11 is 0. The van der Waals surface area contributed by atoms with Gasteiger partial charge >= 0.3 is 0 Å². The van der Waals surface area contributed by atoms with Crippen LogP contribution < -0.4 is 0 Å². The summed E-state index contributed by atoms with van der Waals surface area (Å²) in [5, 5.41) is 0. The van der Waals surface area contributed by atoms with Crippen LogP contribution in [0, 0.1) is 5.82 Å². The van der Waals surface area contributed by atoms with Crippen LogP contribution in [0.2, 0.25) is 0 Å². The third-order valence-corrected chi connectivity index (χ3v) is 1.41. The van der Waals surface area contributed by atoms with E-state index in [1.165, 1.54) is 0 Å². The van der Waals surface area contributed by atoms with Crippen LogP contribution in [0.5, 0.6) is 0 Å². The van der Waals surface area contributed by atoms with E-state index in [4.69, 9.17) is 7.85 Å². The van der Waals surface area contributed by atoms with Gasteiger partial charge in [-0.1, -0.05) is 0 Å². The Labute approximate surface area is 57.4 Å². The average molecular weight is 115 g/mol. The maximum Gasteiger partial charge on any atom is 0.196 e. The highest BCUT2D eigenvalue weighted by Gasteiger charge is 2.17. The molecule has 0 spiro atoms. The second-order valence-electron chi connectivity index (χ2n) is 2.15. The highest BCUT2D eigenvalue weighted by molar-refractivity contribution is 6.24. The van der Waals surface area contributed by atoms with Crippen molar-refractivity contribution < 1.29 is 0 Å². The van der Waals surface area contributed by atoms with Gasteiger partial charge in [-0.2, -0.15) is 0 Å². The predicted octanol–water partition coefficient (Wildman–Crippen LogP) is 1.76. The molecule has 0 N–H and O–H groups in total. The molecule has 0 aromatic carbocycles. The van der Waals surface area contributed by atoms with Crippen molar-refractivity contribution in [2.75, 3.05) is 0 Å². The number of rotatable bonds is 0. The van der Waals surface area contributed by atoms with E-state index in [1.54, 1.807) is 0 Å². The van der Waals surface area contributed by atoms with Gasteiger partial charge in [0.1, 0.15) is 0 Å². The standard InChI is InChI=1S/C8H8B/c1-6-4-3-5-7(2)8(6)9/h3-4H,1-2,5H2/q+1. The summed E-state index contributed by atoms with van der Waals surface area (Å²) in [6, 6.07) is 0. The predicted molar refractivity (Wildman–Crippen MR) is 41.0 cm³/mol. The van der Waals surface area contributed by atoms with Crippen molar-refractivity contribution in [3.8, 4) is 0 Å². The Bertz CT molecular complexity index is 177. The molecule has 0 nitrogen and oxygen atoms in total. The van der Waals surface area contributed by atoms with Crippen molar-refractivity contribution in [2.45, 2.75) is 6.42 Å². The molecule has 0 fully saturated rings. The van der Waals surface area contributed by atoms with Crippen LogP contribution in [0.15, 0.2) is 36.5 Å². The first-order valence-corrected chi connectivity index (χ1v) is 2.88. The Morgan fingerprint density at radius 3 is 2.67 bits per heavy atom. The lowest BCUT2D eigenvalue weighted by atomic mass is 9.72. The zero-order valence-corrected chi connectivity index (χ0v) is 5.35. The second-order valence-corrected chi connectivity index (χ2v) is 2.15. The second kappa shape index (κ2) is 2.18. The fourth-order valence-electron chi connectivity index (χ4n) is 0.770. The molecule has 0 atom stereocenters. The van der Waals surface area contributed by atoms with E-state index in [0.717, 1.165) is 23.4 Å². The summed E-state index contributed by atoms with van der Waals surface area (Å²) in [7, 11) is 5.59. The van der Waals surface area contributed by atoms with E-state index in [2.05, 4.69) is 13.2 Å². The lowest BCUT2D eigenvalue weighted by molar-refractivity contribution is 1.17. The Balaban J connectivity index is 2.81. The molecule has 9 heavy (non-hydrogen) atoms. The van der Waals surface area contributed by atoms with Gasteiger partial charge in [-0.3, -0.25) is 0 Å². The topological polar surface area (TPSA) is 0 Å². The monoisotopic (exact) mass is 115 g/mol. The van der Waals surface area contributed by atoms with E-state index in [0.29, 0.717) is 0 Å². The lowest BCUT2D eigenvalue weighted by Gasteiger charge is -2.10. The minimum absolute atomic E-state index is 0.748. The highest BCUT2D eigenvalue weighted by atomic mass is 14.1. The first-order valence-electron chi connectivity index (χ1n) is 2.88. The van der Waals surface area contributed by atoms with Crippen molar-refractivity contribution >= 4 is 7.85 Å². The fraction of sp³-hybridized carbons (Fsp3) is 0.125. The summed E-state index contributed by atoms with van der Waals surface area (Å²) in [5.74, 6) is 0.748. The maximum absolute atomic E-state index is 5.59. The third-order valence-electron chi connectivity index (χ3n) is 1.41. The molecule has 0 aromatic heterocycles. The largest absolute Gasteiger partial charge is 0.196 e. The number of hydrogen-bond donors (Lipinski definition) is 0. The Hall–Kier alpha value is -0.845. The lowest BCUT2D eigenvalue weighted by Crippen LogP contribution is -2.04. The van der Waals surface area contributed by atoms with Crippen LogP contribution in [0.1, 0.15) is 6.42 Å². The first kappa shape index (κ1) is 6.28. The highest BCUT2D eigenvalue weighted by Crippen LogP contribution is 2.25. The summed E-state index contributed by atoms with van der Waals surface area (Å²) in [6.45, 7) is 7.51. The van der Waals surface area contributed by atoms with Gasteiger partial charge in [0.25, 0.3) is 0 Å². The molecule has 0 unspecified atom stereocenters. The van der Waals surface area contributed by atoms with Crippen LogP contribution in [0.4, 0.5) is 0 Å². The van der Waals surface area contributed by atoms with E-state index >= 15 is 0 Å². The molecular weight excluding hydrogens is 107 g/mol. The molecule has 0 amide bonds. The molecule has 0 aromatic rings. The summed E-state index contributed by atoms with van der Waals surface area (Å²) < 4.78 is 0. The maximum atomic E-state index is 5.59. The van der Waals surface area contributed by atoms with Crippen LogP contribution in [0.3, 0.4) is 0 Å². The molecule has 2 radical (unpaired) electrons. The molecule has 1 heteroatoms. The Morgan fingerprint density at radius 2 is 2.22 bits per heavy atom. The molecule has 42 valence electrons. The molecule has 1 aliphatic carbocycles. The molecule has 1 aliphatic rings. The van der Waals surface area contributed by atoms with Crippen molar-refractivity contribution in [3.05, 3.63) is 42.3 Å². The summed E-state index contributed by atoms with van der Waals surface area (Å²) in [6.07, 6.45) is 4.80. The summed E-state index contributed by atoms with van der Waals surface area (Å²) in [4.78, 5) is 0. The van der Waals surface area contributed by atoms with Crippen LogP contribution >= 0.6 is 0 Å². The Morgan fingerprint density at radius 1 is 1.56 bits per heavy atom. The zero-order valence-electron chi connectivity index (χ0n) is 5.35. The molecule has 0 saturated heterocycles. The summed E-state index contributed by atoms with van der Waals surface area (Å²) in [5.41, 5.74) is 1.86. The van der Waals surface area contributed by atoms with Gasteiger partial charge in [0.15, 0.2) is 7.85 Å². The number of hydrogen-bond acceptors (Lipinski definition) is 0. The van der Waals surface area contributed by atoms with Crippen LogP contribution in [0.25, 0.3) is 0 Å². The SMILES string of the molecule is [B][C+]1C(=C)C=CCC1=C. The van der Waals surface area contributed by atoms with Crippen LogP contribution in [-0.2, 0) is 0 Å². The minimum Gasteiger partial charge on any atom is -0.0355 e. The third kappa shape index (κ3) is 1.10. The van der Waals surface area contributed by atoms with E-state index < -0.39 is 0 Å². The smallest absolute Gasteiger partial charge is 0.0355 e. The van der Waals surface area contributed by atoms with Gasteiger partial charge in [0.05, 0.1) is 5.57 Å². The Kier molecular flexibility index (Phi) is 1.52.